The number of alkyl halides is 3. The van der Waals surface area contributed by atoms with Crippen molar-refractivity contribution in [2.75, 3.05) is 13.6 Å². The summed E-state index contributed by atoms with van der Waals surface area (Å²) in [6.45, 7) is 2.22. The molecule has 10 heteroatoms. The molecule has 0 radical (unpaired) electrons. The van der Waals surface area contributed by atoms with E-state index in [9.17, 15) is 21.6 Å². The molecule has 0 aliphatic carbocycles. The van der Waals surface area contributed by atoms with Gasteiger partial charge in [0.05, 0.1) is 19.2 Å². The van der Waals surface area contributed by atoms with Crippen LogP contribution in [0, 0.1) is 0 Å². The Hall–Kier alpha value is -1.13. The number of sulfonamides is 1. The first-order valence-electron chi connectivity index (χ1n) is 5.90. The van der Waals surface area contributed by atoms with Crippen molar-refractivity contribution in [3.05, 3.63) is 12.4 Å². The molecule has 1 heterocycles. The molecule has 20 heavy (non-hydrogen) atoms. The Labute approximate surface area is 115 Å². The van der Waals surface area contributed by atoms with Gasteiger partial charge in [-0.2, -0.15) is 18.3 Å². The molecule has 0 saturated carbocycles. The van der Waals surface area contributed by atoms with Gasteiger partial charge >= 0.3 is 6.18 Å². The number of likely N-dealkylation sites (N-methyl/N-ethyl adjacent to an activating group) is 1. The van der Waals surface area contributed by atoms with Crippen LogP contribution in [-0.4, -0.2) is 44.0 Å². The fraction of sp³-hybridized carbons (Fsp3) is 0.700. The molecule has 0 saturated heterocycles. The maximum atomic E-state index is 12.2. The summed E-state index contributed by atoms with van der Waals surface area (Å²) >= 11 is 0. The quantitative estimate of drug-likeness (QED) is 0.778. The summed E-state index contributed by atoms with van der Waals surface area (Å²) < 4.78 is 63.6. The zero-order chi connectivity index (χ0) is 15.4. The second kappa shape index (κ2) is 6.55. The van der Waals surface area contributed by atoms with Crippen LogP contribution in [0.25, 0.3) is 0 Å². The van der Waals surface area contributed by atoms with Crippen LogP contribution < -0.4 is 10.0 Å². The average molecular weight is 314 g/mol. The molecule has 0 aromatic carbocycles. The molecule has 0 bridgehead atoms. The Kier molecular flexibility index (Phi) is 5.54. The van der Waals surface area contributed by atoms with Gasteiger partial charge in [-0.3, -0.25) is 4.68 Å². The third-order valence-electron chi connectivity index (χ3n) is 2.40. The summed E-state index contributed by atoms with van der Waals surface area (Å²) in [7, 11) is -2.25. The van der Waals surface area contributed by atoms with Crippen molar-refractivity contribution < 1.29 is 21.6 Å². The zero-order valence-corrected chi connectivity index (χ0v) is 11.9. The molecule has 0 spiro atoms. The van der Waals surface area contributed by atoms with Gasteiger partial charge in [0.1, 0.15) is 4.90 Å². The molecular formula is C10H17F3N4O2S. The molecule has 1 unspecified atom stereocenters. The minimum absolute atomic E-state index is 0.150. The highest BCUT2D eigenvalue weighted by atomic mass is 32.2. The number of nitrogens with zero attached hydrogens (tertiary/aromatic N) is 2. The largest absolute Gasteiger partial charge is 0.390 e. The van der Waals surface area contributed by atoms with Crippen LogP contribution in [0.15, 0.2) is 17.3 Å². The molecule has 6 nitrogen and oxygen atoms in total. The van der Waals surface area contributed by atoms with Gasteiger partial charge in [0, 0.05) is 18.8 Å². The third kappa shape index (κ3) is 5.47. The van der Waals surface area contributed by atoms with Crippen LogP contribution in [0.2, 0.25) is 0 Å². The highest BCUT2D eigenvalue weighted by Gasteiger charge is 2.32. The zero-order valence-electron chi connectivity index (χ0n) is 11.1. The number of nitrogens with one attached hydrogen (secondary N) is 2. The first-order valence-corrected chi connectivity index (χ1v) is 7.38. The predicted octanol–water partition coefficient (Wildman–Crippen LogP) is 0.722. The predicted molar refractivity (Wildman–Crippen MR) is 66.6 cm³/mol. The highest BCUT2D eigenvalue weighted by molar-refractivity contribution is 7.89. The Morgan fingerprint density at radius 3 is 2.65 bits per heavy atom. The summed E-state index contributed by atoms with van der Waals surface area (Å²) in [5.41, 5.74) is 0. The molecule has 0 aliphatic rings. The Balaban J connectivity index is 2.71. The van der Waals surface area contributed by atoms with E-state index in [0.29, 0.717) is 13.1 Å². The standard InChI is InChI=1S/C10H17F3N4O2S/c1-8(5-10(11,12)13)16-20(18,19)9-6-15-17(7-9)4-3-14-2/h6-8,14,16H,3-5H2,1-2H3. The van der Waals surface area contributed by atoms with Gasteiger partial charge in [-0.15, -0.1) is 0 Å². The van der Waals surface area contributed by atoms with E-state index >= 15 is 0 Å². The number of hydrogen-bond donors (Lipinski definition) is 2. The van der Waals surface area contributed by atoms with Crippen molar-refractivity contribution >= 4 is 10.0 Å². The van der Waals surface area contributed by atoms with E-state index in [1.54, 1.807) is 7.05 Å². The van der Waals surface area contributed by atoms with Crippen molar-refractivity contribution in [3.8, 4) is 0 Å². The van der Waals surface area contributed by atoms with Crippen molar-refractivity contribution in [2.24, 2.45) is 0 Å². The lowest BCUT2D eigenvalue weighted by Crippen LogP contribution is -2.35. The normalized spacial score (nSPS) is 14.4. The van der Waals surface area contributed by atoms with E-state index < -0.39 is 28.7 Å². The molecule has 1 rings (SSSR count). The summed E-state index contributed by atoms with van der Waals surface area (Å²) in [5, 5.41) is 6.71. The lowest BCUT2D eigenvalue weighted by molar-refractivity contribution is -0.137. The second-order valence-electron chi connectivity index (χ2n) is 4.38. The Morgan fingerprint density at radius 1 is 1.45 bits per heavy atom. The topological polar surface area (TPSA) is 76.0 Å². The van der Waals surface area contributed by atoms with Gasteiger partial charge in [-0.25, -0.2) is 13.1 Å². The molecule has 116 valence electrons. The third-order valence-corrected chi connectivity index (χ3v) is 3.95. The fourth-order valence-corrected chi connectivity index (χ4v) is 2.75. The summed E-state index contributed by atoms with van der Waals surface area (Å²) in [6, 6.07) is -1.24. The summed E-state index contributed by atoms with van der Waals surface area (Å²) in [6.07, 6.45) is -3.25. The van der Waals surface area contributed by atoms with E-state index in [1.165, 1.54) is 10.9 Å². The van der Waals surface area contributed by atoms with Gasteiger partial charge in [-0.05, 0) is 14.0 Å². The van der Waals surface area contributed by atoms with Crippen LogP contribution in [0.5, 0.6) is 0 Å². The highest BCUT2D eigenvalue weighted by Crippen LogP contribution is 2.22. The van der Waals surface area contributed by atoms with Crippen molar-refractivity contribution in [2.45, 2.75) is 37.0 Å². The van der Waals surface area contributed by atoms with Gasteiger partial charge in [-0.1, -0.05) is 0 Å². The van der Waals surface area contributed by atoms with Crippen LogP contribution in [0.1, 0.15) is 13.3 Å². The van der Waals surface area contributed by atoms with Crippen molar-refractivity contribution in [3.63, 3.8) is 0 Å². The number of rotatable bonds is 7. The van der Waals surface area contributed by atoms with E-state index in [0.717, 1.165) is 13.1 Å². The van der Waals surface area contributed by atoms with Gasteiger partial charge in [0.2, 0.25) is 10.0 Å². The minimum Gasteiger partial charge on any atom is -0.318 e. The Bertz CT molecular complexity index is 527. The van der Waals surface area contributed by atoms with E-state index in [4.69, 9.17) is 0 Å². The van der Waals surface area contributed by atoms with Crippen LogP contribution in [0.3, 0.4) is 0 Å². The molecule has 1 atom stereocenters. The number of aromatic nitrogens is 2. The first kappa shape index (κ1) is 16.9. The monoisotopic (exact) mass is 314 g/mol. The SMILES string of the molecule is CNCCn1cc(S(=O)(=O)NC(C)CC(F)(F)F)cn1. The maximum absolute atomic E-state index is 12.2. The Morgan fingerprint density at radius 2 is 2.10 bits per heavy atom. The molecule has 1 aromatic rings. The van der Waals surface area contributed by atoms with Crippen molar-refractivity contribution in [1.29, 1.82) is 0 Å². The number of halogens is 3. The molecule has 2 N–H and O–H groups in total. The van der Waals surface area contributed by atoms with Gasteiger partial charge in [0.25, 0.3) is 0 Å². The fourth-order valence-electron chi connectivity index (χ4n) is 1.55. The second-order valence-corrected chi connectivity index (χ2v) is 6.10. The minimum atomic E-state index is -4.42. The van der Waals surface area contributed by atoms with Gasteiger partial charge < -0.3 is 5.32 Å². The maximum Gasteiger partial charge on any atom is 0.390 e. The lowest BCUT2D eigenvalue weighted by Gasteiger charge is -2.15. The summed E-state index contributed by atoms with van der Waals surface area (Å²) in [4.78, 5) is -0.150. The smallest absolute Gasteiger partial charge is 0.318 e. The van der Waals surface area contributed by atoms with Crippen LogP contribution in [-0.2, 0) is 16.6 Å². The van der Waals surface area contributed by atoms with E-state index in [2.05, 4.69) is 10.4 Å². The van der Waals surface area contributed by atoms with Gasteiger partial charge in [0.15, 0.2) is 0 Å². The van der Waals surface area contributed by atoms with Crippen LogP contribution >= 0.6 is 0 Å². The molecule has 0 fully saturated rings. The average Bonchev–Trinajstić information content (AvgIpc) is 2.71. The lowest BCUT2D eigenvalue weighted by atomic mass is 10.2. The first-order chi connectivity index (χ1) is 9.14. The van der Waals surface area contributed by atoms with Crippen molar-refractivity contribution in [1.82, 2.24) is 19.8 Å². The molecule has 0 aliphatic heterocycles. The summed E-state index contributed by atoms with van der Waals surface area (Å²) in [5.74, 6) is 0. The van der Waals surface area contributed by atoms with E-state index in [-0.39, 0.29) is 4.90 Å². The van der Waals surface area contributed by atoms with E-state index in [1.807, 2.05) is 4.72 Å². The van der Waals surface area contributed by atoms with Crippen LogP contribution in [0.4, 0.5) is 13.2 Å². The molecule has 0 amide bonds. The molecular weight excluding hydrogens is 297 g/mol. The molecule has 1 aromatic heterocycles. The number of hydrogen-bond acceptors (Lipinski definition) is 4.